The second-order valence-electron chi connectivity index (χ2n) is 7.92. The molecule has 0 saturated carbocycles. The molecule has 1 aliphatic rings. The molecule has 0 aliphatic carbocycles. The van der Waals surface area contributed by atoms with E-state index in [1.165, 1.54) is 39.9 Å². The average molecular weight is 625 g/mol. The molecule has 1 saturated heterocycles. The van der Waals surface area contributed by atoms with Crippen molar-refractivity contribution in [1.29, 1.82) is 0 Å². The Kier molecular flexibility index (Phi) is 9.69. The molecule has 2 aromatic carbocycles. The number of ether oxygens (including phenoxy) is 1. The molecule has 4 rings (SSSR count). The van der Waals surface area contributed by atoms with Gasteiger partial charge in [-0.25, -0.2) is 13.4 Å². The molecule has 13 heteroatoms. The van der Waals surface area contributed by atoms with Crippen molar-refractivity contribution in [3.8, 4) is 17.0 Å². The predicted molar refractivity (Wildman–Crippen MR) is 141 cm³/mol. The molecule has 3 aromatic rings. The minimum atomic E-state index is -3.79. The molecule has 0 radical (unpaired) electrons. The van der Waals surface area contributed by atoms with Gasteiger partial charge >= 0.3 is 5.57 Å². The van der Waals surface area contributed by atoms with Crippen LogP contribution in [-0.2, 0) is 16.6 Å². The fourth-order valence-corrected chi connectivity index (χ4v) is 6.36. The van der Waals surface area contributed by atoms with Crippen LogP contribution in [0.15, 0.2) is 63.8 Å². The zero-order valence-electron chi connectivity index (χ0n) is 19.0. The van der Waals surface area contributed by atoms with E-state index in [0.717, 1.165) is 24.1 Å². The van der Waals surface area contributed by atoms with Gasteiger partial charge in [-0.15, -0.1) is 37.1 Å². The van der Waals surface area contributed by atoms with Crippen LogP contribution in [0.3, 0.4) is 0 Å². The van der Waals surface area contributed by atoms with Crippen LogP contribution in [0.5, 0.6) is 5.75 Å². The van der Waals surface area contributed by atoms with Gasteiger partial charge in [0, 0.05) is 43.2 Å². The summed E-state index contributed by atoms with van der Waals surface area (Å²) in [7, 11) is -3.50. The van der Waals surface area contributed by atoms with Crippen LogP contribution in [0.4, 0.5) is 14.5 Å². The molecule has 1 aromatic heterocycles. The summed E-state index contributed by atoms with van der Waals surface area (Å²) in [4.78, 5) is 5.50. The first-order valence-electron chi connectivity index (χ1n) is 11.0. The first-order valence-corrected chi connectivity index (χ1v) is 13.7. The second kappa shape index (κ2) is 12.1. The molecule has 0 atom stereocenters. The van der Waals surface area contributed by atoms with Crippen molar-refractivity contribution in [3.05, 3.63) is 58.7 Å². The number of aliphatic hydroxyl groups excluding tert-OH is 1. The van der Waals surface area contributed by atoms with E-state index < -0.39 is 15.6 Å². The van der Waals surface area contributed by atoms with Crippen LogP contribution in [0.25, 0.3) is 11.3 Å². The Balaban J connectivity index is 0.00000361. The number of hydrogen-bond donors (Lipinski definition) is 1. The first-order chi connectivity index (χ1) is 16.7. The fourth-order valence-electron chi connectivity index (χ4n) is 3.80. The molecule has 0 bridgehead atoms. The van der Waals surface area contributed by atoms with Crippen molar-refractivity contribution in [2.24, 2.45) is 4.99 Å². The normalized spacial score (nSPS) is 15.2. The third-order valence-electron chi connectivity index (χ3n) is 5.49. The monoisotopic (exact) mass is 623 g/mol. The van der Waals surface area contributed by atoms with Gasteiger partial charge < -0.3 is 14.4 Å². The number of rotatable bonds is 9. The topological polar surface area (TPSA) is 84.1 Å². The number of sulfonamides is 1. The number of halogens is 4. The van der Waals surface area contributed by atoms with Crippen molar-refractivity contribution < 1.29 is 27.0 Å². The summed E-state index contributed by atoms with van der Waals surface area (Å²) in [6, 6.07) is 12.5. The van der Waals surface area contributed by atoms with Crippen LogP contribution in [0.2, 0.25) is 0 Å². The lowest BCUT2D eigenvalue weighted by atomic mass is 10.2. The van der Waals surface area contributed by atoms with Crippen LogP contribution in [0, 0.1) is 0 Å². The molecule has 0 unspecified atom stereocenters. The second-order valence-corrected chi connectivity index (χ2v) is 11.1. The molecule has 1 aliphatic heterocycles. The molecular weight excluding hydrogens is 600 g/mol. The van der Waals surface area contributed by atoms with Crippen LogP contribution >= 0.6 is 39.9 Å². The highest BCUT2D eigenvalue weighted by Gasteiger charge is 2.28. The fraction of sp³-hybridized carbons (Fsp3) is 0.348. The molecule has 0 amide bonds. The standard InChI is InChI=1S/C23H24ClF2N3O4S2.BrH/c24-23(25,26)33-19-8-6-18(7-9-19)27-22-29(14-3-15-30)21(16-34-22)17-4-10-20(11-5-17)35(31,32)28-12-1-2-13-28;/h4-11,16,30H,1-3,12-15H2;1H. The van der Waals surface area contributed by atoms with Gasteiger partial charge in [0.15, 0.2) is 4.80 Å². The molecule has 7 nitrogen and oxygen atoms in total. The highest BCUT2D eigenvalue weighted by atomic mass is 79.9. The van der Waals surface area contributed by atoms with Gasteiger partial charge in [-0.1, -0.05) is 12.1 Å². The maximum atomic E-state index is 12.8. The molecule has 36 heavy (non-hydrogen) atoms. The van der Waals surface area contributed by atoms with Gasteiger partial charge in [-0.05, 0) is 61.2 Å². The Morgan fingerprint density at radius 1 is 1.08 bits per heavy atom. The maximum Gasteiger partial charge on any atom is 0.487 e. The Bertz CT molecular complexity index is 1320. The SMILES string of the molecule is Br.O=S(=O)(c1ccc(-c2csc(=Nc3ccc(OC(F)(F)Cl)cc3)n2CCCO)cc1)N1CCCC1. The number of hydrogen-bond acceptors (Lipinski definition) is 6. The molecule has 1 N–H and O–H groups in total. The van der Waals surface area contributed by atoms with Crippen molar-refractivity contribution in [2.75, 3.05) is 19.7 Å². The number of thiazole rings is 1. The number of aliphatic hydroxyl groups is 1. The van der Waals surface area contributed by atoms with Crippen LogP contribution < -0.4 is 9.54 Å². The van der Waals surface area contributed by atoms with E-state index >= 15 is 0 Å². The summed E-state index contributed by atoms with van der Waals surface area (Å²) >= 11 is 6.17. The molecule has 1 fully saturated rings. The highest BCUT2D eigenvalue weighted by molar-refractivity contribution is 8.93. The van der Waals surface area contributed by atoms with Crippen molar-refractivity contribution in [3.63, 3.8) is 0 Å². The lowest BCUT2D eigenvalue weighted by molar-refractivity contribution is -0.0964. The summed E-state index contributed by atoms with van der Waals surface area (Å²) in [5, 5.41) is 11.3. The van der Waals surface area contributed by atoms with Gasteiger partial charge in [-0.3, -0.25) is 0 Å². The number of nitrogens with zero attached hydrogens (tertiary/aromatic N) is 3. The number of alkyl halides is 3. The molecular formula is C23H25BrClF2N3O4S2. The first kappa shape index (κ1) is 28.7. The van der Waals surface area contributed by atoms with Gasteiger partial charge in [0.1, 0.15) is 5.75 Å². The highest BCUT2D eigenvalue weighted by Crippen LogP contribution is 2.28. The van der Waals surface area contributed by atoms with Crippen molar-refractivity contribution >= 4 is 55.6 Å². The minimum Gasteiger partial charge on any atom is -0.420 e. The smallest absolute Gasteiger partial charge is 0.420 e. The Morgan fingerprint density at radius 3 is 2.31 bits per heavy atom. The average Bonchev–Trinajstić information content (AvgIpc) is 3.49. The lowest BCUT2D eigenvalue weighted by Crippen LogP contribution is -2.27. The van der Waals surface area contributed by atoms with E-state index in [-0.39, 0.29) is 34.2 Å². The summed E-state index contributed by atoms with van der Waals surface area (Å²) < 4.78 is 59.1. The van der Waals surface area contributed by atoms with E-state index in [2.05, 4.69) is 9.73 Å². The third kappa shape index (κ3) is 6.93. The zero-order chi connectivity index (χ0) is 25.1. The number of aromatic nitrogens is 1. The van der Waals surface area contributed by atoms with E-state index in [9.17, 15) is 22.3 Å². The quantitative estimate of drug-likeness (QED) is 0.325. The molecule has 196 valence electrons. The Hall–Kier alpha value is -1.83. The molecule has 0 spiro atoms. The van der Waals surface area contributed by atoms with E-state index in [1.54, 1.807) is 24.3 Å². The van der Waals surface area contributed by atoms with E-state index in [4.69, 9.17) is 11.6 Å². The largest absolute Gasteiger partial charge is 0.487 e. The van der Waals surface area contributed by atoms with Gasteiger partial charge in [0.2, 0.25) is 10.0 Å². The summed E-state index contributed by atoms with van der Waals surface area (Å²) in [5.41, 5.74) is -1.63. The van der Waals surface area contributed by atoms with Crippen molar-refractivity contribution in [1.82, 2.24) is 8.87 Å². The van der Waals surface area contributed by atoms with Gasteiger partial charge in [-0.2, -0.15) is 4.31 Å². The predicted octanol–water partition coefficient (Wildman–Crippen LogP) is 5.36. The van der Waals surface area contributed by atoms with E-state index in [0.29, 0.717) is 36.5 Å². The van der Waals surface area contributed by atoms with Crippen LogP contribution in [-0.4, -0.2) is 47.7 Å². The summed E-state index contributed by atoms with van der Waals surface area (Å²) in [6.45, 7) is 1.57. The minimum absolute atomic E-state index is 0. The van der Waals surface area contributed by atoms with Gasteiger partial charge in [0.25, 0.3) is 0 Å². The zero-order valence-corrected chi connectivity index (χ0v) is 23.1. The maximum absolute atomic E-state index is 12.8. The van der Waals surface area contributed by atoms with Crippen LogP contribution in [0.1, 0.15) is 19.3 Å². The Labute approximate surface area is 227 Å². The third-order valence-corrected chi connectivity index (χ3v) is 8.34. The Morgan fingerprint density at radius 2 is 1.72 bits per heavy atom. The lowest BCUT2D eigenvalue weighted by Gasteiger charge is -2.16. The van der Waals surface area contributed by atoms with E-state index in [1.807, 2.05) is 9.95 Å². The summed E-state index contributed by atoms with van der Waals surface area (Å²) in [5.74, 6) is -0.0899. The number of benzene rings is 2. The molecule has 2 heterocycles. The van der Waals surface area contributed by atoms with Crippen molar-refractivity contribution in [2.45, 2.75) is 36.3 Å². The summed E-state index contributed by atoms with van der Waals surface area (Å²) in [6.07, 6.45) is 2.24. The van der Waals surface area contributed by atoms with Gasteiger partial charge in [0.05, 0.1) is 16.3 Å².